The molecule has 0 heterocycles. The van der Waals surface area contributed by atoms with E-state index in [1.165, 1.54) is 11.1 Å². The highest BCUT2D eigenvalue weighted by Crippen LogP contribution is 2.23. The van der Waals surface area contributed by atoms with Gasteiger partial charge in [-0.15, -0.1) is 0 Å². The summed E-state index contributed by atoms with van der Waals surface area (Å²) in [4.78, 5) is 0. The number of benzene rings is 1. The Labute approximate surface area is 123 Å². The monoisotopic (exact) mass is 278 g/mol. The summed E-state index contributed by atoms with van der Waals surface area (Å²) >= 11 is 0. The van der Waals surface area contributed by atoms with Crippen LogP contribution >= 0.6 is 0 Å². The second kappa shape index (κ2) is 8.40. The van der Waals surface area contributed by atoms with E-state index in [0.717, 1.165) is 25.8 Å². The number of unbranched alkanes of at least 4 members (excludes halogenated alkanes) is 2. The maximum absolute atomic E-state index is 8.75. The van der Waals surface area contributed by atoms with Crippen LogP contribution in [0.5, 0.6) is 0 Å². The molecule has 114 valence electrons. The van der Waals surface area contributed by atoms with Gasteiger partial charge in [-0.2, -0.15) is 0 Å². The molecule has 0 radical (unpaired) electrons. The SMILES string of the molecule is CC(C)(C)c1ccc(C(CN)NCCCCCO)cc1. The van der Waals surface area contributed by atoms with E-state index in [2.05, 4.69) is 50.4 Å². The Kier molecular flexibility index (Phi) is 7.20. The molecule has 1 unspecified atom stereocenters. The van der Waals surface area contributed by atoms with Crippen LogP contribution in [0.15, 0.2) is 24.3 Å². The highest BCUT2D eigenvalue weighted by atomic mass is 16.2. The first kappa shape index (κ1) is 17.2. The van der Waals surface area contributed by atoms with Gasteiger partial charge in [0.15, 0.2) is 0 Å². The van der Waals surface area contributed by atoms with Gasteiger partial charge in [-0.3, -0.25) is 0 Å². The number of hydrogen-bond donors (Lipinski definition) is 3. The van der Waals surface area contributed by atoms with Crippen molar-refractivity contribution in [1.29, 1.82) is 0 Å². The van der Waals surface area contributed by atoms with Gasteiger partial charge in [0.25, 0.3) is 0 Å². The van der Waals surface area contributed by atoms with E-state index in [9.17, 15) is 0 Å². The van der Waals surface area contributed by atoms with Crippen molar-refractivity contribution >= 4 is 0 Å². The van der Waals surface area contributed by atoms with E-state index >= 15 is 0 Å². The number of rotatable bonds is 8. The number of aliphatic hydroxyl groups is 1. The van der Waals surface area contributed by atoms with Crippen LogP contribution in [0.1, 0.15) is 57.2 Å². The minimum absolute atomic E-state index is 0.189. The molecule has 0 saturated carbocycles. The van der Waals surface area contributed by atoms with E-state index < -0.39 is 0 Å². The molecule has 0 aliphatic rings. The molecule has 1 rings (SSSR count). The summed E-state index contributed by atoms with van der Waals surface area (Å²) in [5, 5.41) is 12.2. The fourth-order valence-corrected chi connectivity index (χ4v) is 2.24. The van der Waals surface area contributed by atoms with Crippen molar-refractivity contribution in [2.75, 3.05) is 19.7 Å². The highest BCUT2D eigenvalue weighted by Gasteiger charge is 2.14. The Balaban J connectivity index is 2.53. The summed E-state index contributed by atoms with van der Waals surface area (Å²) in [7, 11) is 0. The first-order valence-corrected chi connectivity index (χ1v) is 7.63. The topological polar surface area (TPSA) is 58.3 Å². The second-order valence-electron chi connectivity index (χ2n) is 6.40. The summed E-state index contributed by atoms with van der Waals surface area (Å²) in [5.41, 5.74) is 8.66. The van der Waals surface area contributed by atoms with Crippen LogP contribution in [0.4, 0.5) is 0 Å². The van der Waals surface area contributed by atoms with Crippen molar-refractivity contribution in [3.05, 3.63) is 35.4 Å². The van der Waals surface area contributed by atoms with Gasteiger partial charge in [0.05, 0.1) is 0 Å². The fraction of sp³-hybridized carbons (Fsp3) is 0.647. The van der Waals surface area contributed by atoms with Crippen molar-refractivity contribution in [1.82, 2.24) is 5.32 Å². The van der Waals surface area contributed by atoms with Gasteiger partial charge >= 0.3 is 0 Å². The molecule has 0 bridgehead atoms. The molecule has 0 saturated heterocycles. The summed E-state index contributed by atoms with van der Waals surface area (Å²) in [6.07, 6.45) is 3.02. The minimum Gasteiger partial charge on any atom is -0.396 e. The molecular formula is C17H30N2O. The van der Waals surface area contributed by atoms with Gasteiger partial charge in [0.1, 0.15) is 0 Å². The number of aliphatic hydroxyl groups excluding tert-OH is 1. The average Bonchev–Trinajstić information content (AvgIpc) is 2.42. The first-order chi connectivity index (χ1) is 9.49. The quantitative estimate of drug-likeness (QED) is 0.641. The van der Waals surface area contributed by atoms with Crippen molar-refractivity contribution in [2.45, 2.75) is 51.5 Å². The van der Waals surface area contributed by atoms with Gasteiger partial charge < -0.3 is 16.2 Å². The van der Waals surface area contributed by atoms with Crippen LogP contribution in [0, 0.1) is 0 Å². The Morgan fingerprint density at radius 1 is 1.10 bits per heavy atom. The Morgan fingerprint density at radius 3 is 2.25 bits per heavy atom. The fourth-order valence-electron chi connectivity index (χ4n) is 2.24. The normalized spacial score (nSPS) is 13.4. The van der Waals surface area contributed by atoms with E-state index in [1.54, 1.807) is 0 Å². The van der Waals surface area contributed by atoms with Crippen LogP contribution < -0.4 is 11.1 Å². The average molecular weight is 278 g/mol. The largest absolute Gasteiger partial charge is 0.396 e. The number of nitrogens with one attached hydrogen (secondary N) is 1. The second-order valence-corrected chi connectivity index (χ2v) is 6.40. The number of nitrogens with two attached hydrogens (primary N) is 1. The molecule has 20 heavy (non-hydrogen) atoms. The predicted molar refractivity (Wildman–Crippen MR) is 85.9 cm³/mol. The minimum atomic E-state index is 0.189. The van der Waals surface area contributed by atoms with Gasteiger partial charge in [-0.25, -0.2) is 0 Å². The third-order valence-corrected chi connectivity index (χ3v) is 3.64. The maximum Gasteiger partial charge on any atom is 0.0444 e. The van der Waals surface area contributed by atoms with Crippen molar-refractivity contribution in [3.63, 3.8) is 0 Å². The lowest BCUT2D eigenvalue weighted by Gasteiger charge is -2.21. The Bertz CT molecular complexity index is 368. The zero-order chi connectivity index (χ0) is 15.0. The molecule has 0 aliphatic heterocycles. The third kappa shape index (κ3) is 5.61. The van der Waals surface area contributed by atoms with Crippen molar-refractivity contribution in [2.24, 2.45) is 5.73 Å². The summed E-state index contributed by atoms with van der Waals surface area (Å²) in [6.45, 7) is 8.51. The summed E-state index contributed by atoms with van der Waals surface area (Å²) in [5.74, 6) is 0. The molecule has 3 nitrogen and oxygen atoms in total. The molecule has 0 amide bonds. The van der Waals surface area contributed by atoms with Crippen LogP contribution in [-0.4, -0.2) is 24.8 Å². The van der Waals surface area contributed by atoms with Gasteiger partial charge in [-0.05, 0) is 42.3 Å². The van der Waals surface area contributed by atoms with Gasteiger partial charge in [0, 0.05) is 19.2 Å². The van der Waals surface area contributed by atoms with E-state index in [1.807, 2.05) is 0 Å². The zero-order valence-corrected chi connectivity index (χ0v) is 13.2. The highest BCUT2D eigenvalue weighted by molar-refractivity contribution is 5.29. The summed E-state index contributed by atoms with van der Waals surface area (Å²) < 4.78 is 0. The van der Waals surface area contributed by atoms with Gasteiger partial charge in [-0.1, -0.05) is 45.0 Å². The summed E-state index contributed by atoms with van der Waals surface area (Å²) in [6, 6.07) is 8.98. The molecule has 1 aromatic carbocycles. The van der Waals surface area contributed by atoms with Crippen molar-refractivity contribution in [3.8, 4) is 0 Å². The third-order valence-electron chi connectivity index (χ3n) is 3.64. The van der Waals surface area contributed by atoms with Crippen LogP contribution in [0.2, 0.25) is 0 Å². The van der Waals surface area contributed by atoms with E-state index in [4.69, 9.17) is 10.8 Å². The van der Waals surface area contributed by atoms with E-state index in [0.29, 0.717) is 6.54 Å². The molecular weight excluding hydrogens is 248 g/mol. The van der Waals surface area contributed by atoms with Crippen LogP contribution in [0.25, 0.3) is 0 Å². The first-order valence-electron chi connectivity index (χ1n) is 7.63. The molecule has 1 aromatic rings. The lowest BCUT2D eigenvalue weighted by molar-refractivity contribution is 0.282. The van der Waals surface area contributed by atoms with Crippen LogP contribution in [0.3, 0.4) is 0 Å². The molecule has 0 aromatic heterocycles. The van der Waals surface area contributed by atoms with Gasteiger partial charge in [0.2, 0.25) is 0 Å². The standard InChI is InChI=1S/C17H30N2O/c1-17(2,3)15-9-7-14(8-10-15)16(13-18)19-11-5-4-6-12-20/h7-10,16,19-20H,4-6,11-13,18H2,1-3H3. The maximum atomic E-state index is 8.75. The predicted octanol–water partition coefficient (Wildman–Crippen LogP) is 2.74. The smallest absolute Gasteiger partial charge is 0.0444 e. The molecule has 0 spiro atoms. The molecule has 3 heteroatoms. The van der Waals surface area contributed by atoms with E-state index in [-0.39, 0.29) is 18.1 Å². The van der Waals surface area contributed by atoms with Crippen LogP contribution in [-0.2, 0) is 5.41 Å². The molecule has 0 fully saturated rings. The lowest BCUT2D eigenvalue weighted by Crippen LogP contribution is -2.29. The lowest BCUT2D eigenvalue weighted by atomic mass is 9.86. The zero-order valence-electron chi connectivity index (χ0n) is 13.2. The number of hydrogen-bond acceptors (Lipinski definition) is 3. The Morgan fingerprint density at radius 2 is 1.75 bits per heavy atom. The molecule has 0 aliphatic carbocycles. The molecule has 1 atom stereocenters. The van der Waals surface area contributed by atoms with Crippen molar-refractivity contribution < 1.29 is 5.11 Å². The molecule has 4 N–H and O–H groups in total. The Hall–Kier alpha value is -0.900.